The Labute approximate surface area is 120 Å². The molecule has 0 aromatic heterocycles. The maximum absolute atomic E-state index is 11.5. The number of carbonyl (C=O) groups excluding carboxylic acids is 1. The van der Waals surface area contributed by atoms with Crippen molar-refractivity contribution in [2.75, 3.05) is 13.7 Å². The summed E-state index contributed by atoms with van der Waals surface area (Å²) in [4.78, 5) is 11.5. The molecule has 3 nitrogen and oxygen atoms in total. The summed E-state index contributed by atoms with van der Waals surface area (Å²) in [5.41, 5.74) is 3.37. The number of allylic oxidation sites excluding steroid dienone is 1. The van der Waals surface area contributed by atoms with Gasteiger partial charge in [0.1, 0.15) is 0 Å². The number of nitrogens with one attached hydrogen (secondary N) is 1. The van der Waals surface area contributed by atoms with Gasteiger partial charge < -0.3 is 10.1 Å². The van der Waals surface area contributed by atoms with Gasteiger partial charge >= 0.3 is 5.97 Å². The van der Waals surface area contributed by atoms with Crippen molar-refractivity contribution < 1.29 is 9.53 Å². The first-order chi connectivity index (χ1) is 9.69. The first-order valence-electron chi connectivity index (χ1n) is 7.27. The van der Waals surface area contributed by atoms with Crippen LogP contribution in [0.15, 0.2) is 35.9 Å². The topological polar surface area (TPSA) is 38.3 Å². The number of piperidine rings is 1. The minimum atomic E-state index is -0.276. The third-order valence-corrected chi connectivity index (χ3v) is 4.67. The summed E-state index contributed by atoms with van der Waals surface area (Å²) < 4.78 is 4.74. The molecule has 1 heterocycles. The molecule has 0 amide bonds. The lowest BCUT2D eigenvalue weighted by Gasteiger charge is -2.41. The van der Waals surface area contributed by atoms with Gasteiger partial charge in [-0.1, -0.05) is 23.8 Å². The number of methoxy groups -OCH3 is 1. The van der Waals surface area contributed by atoms with Crippen molar-refractivity contribution >= 4 is 5.97 Å². The number of rotatable bonds is 2. The highest BCUT2D eigenvalue weighted by molar-refractivity contribution is 5.89. The number of carbonyl (C=O) groups is 1. The Morgan fingerprint density at radius 1 is 1.30 bits per heavy atom. The quantitative estimate of drug-likeness (QED) is 0.663. The maximum atomic E-state index is 11.5. The molecule has 0 unspecified atom stereocenters. The van der Waals surface area contributed by atoms with Crippen LogP contribution in [0.4, 0.5) is 0 Å². The molecule has 1 saturated heterocycles. The normalized spacial score (nSPS) is 28.7. The average Bonchev–Trinajstić information content (AvgIpc) is 2.51. The molecule has 1 aromatic rings. The monoisotopic (exact) mass is 271 g/mol. The summed E-state index contributed by atoms with van der Waals surface area (Å²) in [5, 5.41) is 3.67. The Hall–Kier alpha value is -1.61. The third-order valence-electron chi connectivity index (χ3n) is 4.67. The molecule has 1 aliphatic carbocycles. The fourth-order valence-corrected chi connectivity index (χ4v) is 3.44. The van der Waals surface area contributed by atoms with Gasteiger partial charge in [0, 0.05) is 6.04 Å². The highest BCUT2D eigenvalue weighted by atomic mass is 16.5. The minimum Gasteiger partial charge on any atom is -0.465 e. The summed E-state index contributed by atoms with van der Waals surface area (Å²) in [5.74, 6) is 1.10. The van der Waals surface area contributed by atoms with Crippen molar-refractivity contribution in [3.8, 4) is 0 Å². The standard InChI is InChI=1S/C17H21NO2/c1-11-3-4-12-9-15(11)16(18-10-12)13-5-7-14(8-6-13)17(19)20-2/h3,5-8,12,15-16,18H,4,9-10H2,1-2H3/t12-,15-,16+/m1/s1. The van der Waals surface area contributed by atoms with Crippen LogP contribution in [0.3, 0.4) is 0 Å². The molecule has 1 N–H and O–H groups in total. The summed E-state index contributed by atoms with van der Waals surface area (Å²) in [7, 11) is 1.41. The highest BCUT2D eigenvalue weighted by Crippen LogP contribution is 2.41. The third kappa shape index (κ3) is 2.38. The zero-order valence-corrected chi connectivity index (χ0v) is 12.1. The molecule has 3 atom stereocenters. The lowest BCUT2D eigenvalue weighted by Crippen LogP contribution is -2.41. The van der Waals surface area contributed by atoms with Crippen LogP contribution in [0.2, 0.25) is 0 Å². The van der Waals surface area contributed by atoms with Crippen LogP contribution in [-0.2, 0) is 4.74 Å². The fourth-order valence-electron chi connectivity index (χ4n) is 3.44. The zero-order chi connectivity index (χ0) is 14.1. The second-order valence-corrected chi connectivity index (χ2v) is 5.89. The molecular formula is C17H21NO2. The second-order valence-electron chi connectivity index (χ2n) is 5.89. The van der Waals surface area contributed by atoms with E-state index in [0.717, 1.165) is 12.5 Å². The van der Waals surface area contributed by atoms with Crippen LogP contribution < -0.4 is 5.32 Å². The highest BCUT2D eigenvalue weighted by Gasteiger charge is 2.34. The van der Waals surface area contributed by atoms with E-state index in [2.05, 4.69) is 18.3 Å². The van der Waals surface area contributed by atoms with Crippen LogP contribution in [-0.4, -0.2) is 19.6 Å². The van der Waals surface area contributed by atoms with E-state index in [1.54, 1.807) is 0 Å². The Morgan fingerprint density at radius 2 is 2.05 bits per heavy atom. The molecule has 1 aliphatic heterocycles. The molecule has 0 saturated carbocycles. The van der Waals surface area contributed by atoms with E-state index in [-0.39, 0.29) is 5.97 Å². The zero-order valence-electron chi connectivity index (χ0n) is 12.1. The van der Waals surface area contributed by atoms with Gasteiger partial charge in [-0.2, -0.15) is 0 Å². The van der Waals surface area contributed by atoms with Crippen LogP contribution in [0, 0.1) is 11.8 Å². The Kier molecular flexibility index (Phi) is 3.62. The van der Waals surface area contributed by atoms with Gasteiger partial charge in [0.05, 0.1) is 12.7 Å². The van der Waals surface area contributed by atoms with Gasteiger partial charge in [0.15, 0.2) is 0 Å². The first kappa shape index (κ1) is 13.4. The molecule has 1 fully saturated rings. The van der Waals surface area contributed by atoms with Crippen molar-refractivity contribution in [2.24, 2.45) is 11.8 Å². The summed E-state index contributed by atoms with van der Waals surface area (Å²) >= 11 is 0. The van der Waals surface area contributed by atoms with Crippen LogP contribution in [0.25, 0.3) is 0 Å². The first-order valence-corrected chi connectivity index (χ1v) is 7.27. The SMILES string of the molecule is COC(=O)c1ccc([C@@H]2NC[C@@H]3CC=C(C)[C@H]2C3)cc1. The van der Waals surface area contributed by atoms with Crippen molar-refractivity contribution in [3.05, 3.63) is 47.0 Å². The van der Waals surface area contributed by atoms with Crippen molar-refractivity contribution in [2.45, 2.75) is 25.8 Å². The number of ether oxygens (including phenoxy) is 1. The molecule has 20 heavy (non-hydrogen) atoms. The molecule has 2 aliphatic rings. The lowest BCUT2D eigenvalue weighted by molar-refractivity contribution is 0.0600. The molecule has 106 valence electrons. The van der Waals surface area contributed by atoms with E-state index in [1.807, 2.05) is 24.3 Å². The van der Waals surface area contributed by atoms with E-state index in [1.165, 1.54) is 31.1 Å². The van der Waals surface area contributed by atoms with Crippen molar-refractivity contribution in [3.63, 3.8) is 0 Å². The van der Waals surface area contributed by atoms with Gasteiger partial charge in [-0.15, -0.1) is 0 Å². The maximum Gasteiger partial charge on any atom is 0.337 e. The Balaban J connectivity index is 1.83. The Morgan fingerprint density at radius 3 is 2.75 bits per heavy atom. The second kappa shape index (κ2) is 5.41. The number of benzene rings is 1. The minimum absolute atomic E-state index is 0.276. The summed E-state index contributed by atoms with van der Waals surface area (Å²) in [6.07, 6.45) is 4.89. The smallest absolute Gasteiger partial charge is 0.337 e. The van der Waals surface area contributed by atoms with Crippen LogP contribution >= 0.6 is 0 Å². The molecule has 1 aromatic carbocycles. The van der Waals surface area contributed by atoms with E-state index in [9.17, 15) is 4.79 Å². The average molecular weight is 271 g/mol. The molecule has 0 radical (unpaired) electrons. The van der Waals surface area contributed by atoms with Crippen LogP contribution in [0.5, 0.6) is 0 Å². The molecule has 0 spiro atoms. The van der Waals surface area contributed by atoms with Gasteiger partial charge in [0.25, 0.3) is 0 Å². The van der Waals surface area contributed by atoms with Gasteiger partial charge in [-0.05, 0) is 55.8 Å². The van der Waals surface area contributed by atoms with Gasteiger partial charge in [-0.25, -0.2) is 4.79 Å². The Bertz CT molecular complexity index is 532. The van der Waals surface area contributed by atoms with Crippen molar-refractivity contribution in [1.82, 2.24) is 5.32 Å². The van der Waals surface area contributed by atoms with E-state index in [0.29, 0.717) is 17.5 Å². The van der Waals surface area contributed by atoms with Gasteiger partial charge in [-0.3, -0.25) is 0 Å². The van der Waals surface area contributed by atoms with E-state index < -0.39 is 0 Å². The summed E-state index contributed by atoms with van der Waals surface area (Å²) in [6.45, 7) is 3.33. The molecule has 2 bridgehead atoms. The number of esters is 1. The predicted molar refractivity (Wildman–Crippen MR) is 78.5 cm³/mol. The summed E-state index contributed by atoms with van der Waals surface area (Å²) in [6, 6.07) is 8.18. The number of hydrogen-bond acceptors (Lipinski definition) is 3. The lowest BCUT2D eigenvalue weighted by atomic mass is 9.73. The van der Waals surface area contributed by atoms with Crippen LogP contribution in [0.1, 0.15) is 41.7 Å². The number of fused-ring (bicyclic) bond motifs is 2. The molecule has 3 rings (SSSR count). The molecular weight excluding hydrogens is 250 g/mol. The van der Waals surface area contributed by atoms with Gasteiger partial charge in [0.2, 0.25) is 0 Å². The van der Waals surface area contributed by atoms with Crippen molar-refractivity contribution in [1.29, 1.82) is 0 Å². The fraction of sp³-hybridized carbons (Fsp3) is 0.471. The largest absolute Gasteiger partial charge is 0.465 e. The van der Waals surface area contributed by atoms with E-state index in [4.69, 9.17) is 4.74 Å². The predicted octanol–water partition coefficient (Wildman–Crippen LogP) is 3.09. The number of hydrogen-bond donors (Lipinski definition) is 1. The molecule has 3 heteroatoms. The van der Waals surface area contributed by atoms with E-state index >= 15 is 0 Å².